The molecule has 3 N–H and O–H groups in total. The molecule has 0 aliphatic carbocycles. The maximum Gasteiger partial charge on any atom is 0.262 e. The normalized spacial score (nSPS) is 11.3. The summed E-state index contributed by atoms with van der Waals surface area (Å²) in [6.07, 6.45) is 0. The third-order valence-corrected chi connectivity index (χ3v) is 5.48. The lowest BCUT2D eigenvalue weighted by molar-refractivity contribution is 0.600. The summed E-state index contributed by atoms with van der Waals surface area (Å²) in [6, 6.07) is 10.1. The summed E-state index contributed by atoms with van der Waals surface area (Å²) in [6.45, 7) is 1.68. The van der Waals surface area contributed by atoms with Crippen molar-refractivity contribution in [3.8, 4) is 0 Å². The fourth-order valence-corrected chi connectivity index (χ4v) is 3.88. The highest BCUT2D eigenvalue weighted by Gasteiger charge is 2.19. The van der Waals surface area contributed by atoms with Crippen LogP contribution in [-0.2, 0) is 10.0 Å². The van der Waals surface area contributed by atoms with Crippen LogP contribution in [0.3, 0.4) is 0 Å². The van der Waals surface area contributed by atoms with E-state index < -0.39 is 10.0 Å². The molecule has 2 rings (SSSR count). The van der Waals surface area contributed by atoms with Gasteiger partial charge in [0.25, 0.3) is 10.0 Å². The van der Waals surface area contributed by atoms with Crippen LogP contribution in [0.5, 0.6) is 0 Å². The Kier molecular flexibility index (Phi) is 4.41. The van der Waals surface area contributed by atoms with Crippen molar-refractivity contribution in [3.05, 3.63) is 50.9 Å². The van der Waals surface area contributed by atoms with Crippen LogP contribution in [0.15, 0.2) is 50.2 Å². The van der Waals surface area contributed by atoms with E-state index in [4.69, 9.17) is 5.73 Å². The van der Waals surface area contributed by atoms with Crippen molar-refractivity contribution in [1.82, 2.24) is 0 Å². The molecule has 0 aliphatic rings. The van der Waals surface area contributed by atoms with Gasteiger partial charge in [0.2, 0.25) is 0 Å². The summed E-state index contributed by atoms with van der Waals surface area (Å²) < 4.78 is 28.9. The van der Waals surface area contributed by atoms with Gasteiger partial charge in [-0.05, 0) is 58.7 Å². The molecule has 0 atom stereocenters. The predicted molar refractivity (Wildman–Crippen MR) is 88.2 cm³/mol. The molecule has 2 aromatic carbocycles. The fraction of sp³-hybridized carbons (Fsp3) is 0.0769. The lowest BCUT2D eigenvalue weighted by atomic mass is 10.2. The summed E-state index contributed by atoms with van der Waals surface area (Å²) in [4.78, 5) is 0.171. The highest BCUT2D eigenvalue weighted by Crippen LogP contribution is 2.29. The Bertz CT molecular complexity index is 761. The van der Waals surface area contributed by atoms with Crippen LogP contribution in [0.1, 0.15) is 5.56 Å². The van der Waals surface area contributed by atoms with E-state index in [0.717, 1.165) is 4.47 Å². The van der Waals surface area contributed by atoms with Crippen molar-refractivity contribution < 1.29 is 8.42 Å². The zero-order chi connectivity index (χ0) is 14.9. The smallest absolute Gasteiger partial charge is 0.262 e. The lowest BCUT2D eigenvalue weighted by Crippen LogP contribution is -2.15. The van der Waals surface area contributed by atoms with Gasteiger partial charge in [-0.2, -0.15) is 0 Å². The molecule has 2 aromatic rings. The van der Waals surface area contributed by atoms with Crippen molar-refractivity contribution in [2.75, 3.05) is 10.5 Å². The molecular weight excluding hydrogens is 408 g/mol. The number of nitrogens with one attached hydrogen (secondary N) is 1. The van der Waals surface area contributed by atoms with Crippen LogP contribution in [0.25, 0.3) is 0 Å². The largest absolute Gasteiger partial charge is 0.398 e. The first-order valence-corrected chi connectivity index (χ1v) is 8.71. The van der Waals surface area contributed by atoms with Crippen LogP contribution in [0.4, 0.5) is 11.4 Å². The minimum atomic E-state index is -3.69. The predicted octanol–water partition coefficient (Wildman–Crippen LogP) is 3.90. The molecule has 0 fully saturated rings. The van der Waals surface area contributed by atoms with Crippen LogP contribution < -0.4 is 10.5 Å². The molecule has 4 nitrogen and oxygen atoms in total. The van der Waals surface area contributed by atoms with Gasteiger partial charge < -0.3 is 5.73 Å². The van der Waals surface area contributed by atoms with Gasteiger partial charge in [0, 0.05) is 14.6 Å². The minimum Gasteiger partial charge on any atom is -0.398 e. The molecule has 20 heavy (non-hydrogen) atoms. The standard InChI is InChI=1S/C13H12Br2N2O2S/c1-8-11(16)3-2-4-13(8)20(18,19)17-12-7-9(14)5-6-10(12)15/h2-7,17H,16H2,1H3. The van der Waals surface area contributed by atoms with Crippen molar-refractivity contribution in [1.29, 1.82) is 0 Å². The Morgan fingerprint density at radius 3 is 2.55 bits per heavy atom. The number of hydrogen-bond acceptors (Lipinski definition) is 3. The van der Waals surface area contributed by atoms with Crippen LogP contribution in [-0.4, -0.2) is 8.42 Å². The van der Waals surface area contributed by atoms with E-state index in [-0.39, 0.29) is 4.90 Å². The SMILES string of the molecule is Cc1c(N)cccc1S(=O)(=O)Nc1cc(Br)ccc1Br. The first-order chi connectivity index (χ1) is 9.31. The Morgan fingerprint density at radius 2 is 1.85 bits per heavy atom. The Hall–Kier alpha value is -1.05. The number of hydrogen-bond donors (Lipinski definition) is 2. The van der Waals surface area contributed by atoms with Crippen LogP contribution >= 0.6 is 31.9 Å². The summed E-state index contributed by atoms with van der Waals surface area (Å²) in [7, 11) is -3.69. The monoisotopic (exact) mass is 418 g/mol. The van der Waals surface area contributed by atoms with Crippen molar-refractivity contribution >= 4 is 53.3 Å². The van der Waals surface area contributed by atoms with E-state index >= 15 is 0 Å². The number of benzene rings is 2. The zero-order valence-electron chi connectivity index (χ0n) is 10.5. The molecule has 0 bridgehead atoms. The molecule has 0 unspecified atom stereocenters. The molecule has 0 radical (unpaired) electrons. The summed E-state index contributed by atoms with van der Waals surface area (Å²) in [5.74, 6) is 0. The van der Waals surface area contributed by atoms with Crippen molar-refractivity contribution in [3.63, 3.8) is 0 Å². The number of anilines is 2. The molecule has 0 heterocycles. The van der Waals surface area contributed by atoms with Gasteiger partial charge in [0.05, 0.1) is 10.6 Å². The quantitative estimate of drug-likeness (QED) is 0.741. The molecule has 0 amide bonds. The topological polar surface area (TPSA) is 72.2 Å². The maximum atomic E-state index is 12.4. The second kappa shape index (κ2) is 5.75. The molecule has 106 valence electrons. The van der Waals surface area contributed by atoms with E-state index in [1.807, 2.05) is 6.07 Å². The van der Waals surface area contributed by atoms with Gasteiger partial charge in [0.1, 0.15) is 0 Å². The molecule has 0 spiro atoms. The molecule has 0 aromatic heterocycles. The first kappa shape index (κ1) is 15.3. The van der Waals surface area contributed by atoms with Gasteiger partial charge in [-0.3, -0.25) is 4.72 Å². The molecule has 7 heteroatoms. The Balaban J connectivity index is 2.46. The van der Waals surface area contributed by atoms with E-state index in [9.17, 15) is 8.42 Å². The third kappa shape index (κ3) is 3.16. The average Bonchev–Trinajstić information content (AvgIpc) is 2.36. The van der Waals surface area contributed by atoms with E-state index in [0.29, 0.717) is 21.4 Å². The van der Waals surface area contributed by atoms with Crippen molar-refractivity contribution in [2.24, 2.45) is 0 Å². The number of nitrogen functional groups attached to an aromatic ring is 1. The minimum absolute atomic E-state index is 0.171. The lowest BCUT2D eigenvalue weighted by Gasteiger charge is -2.13. The third-order valence-electron chi connectivity index (χ3n) is 2.79. The second-order valence-electron chi connectivity index (χ2n) is 4.20. The molecular formula is C13H12Br2N2O2S. The number of sulfonamides is 1. The second-order valence-corrected chi connectivity index (χ2v) is 7.62. The van der Waals surface area contributed by atoms with Crippen molar-refractivity contribution in [2.45, 2.75) is 11.8 Å². The van der Waals surface area contributed by atoms with Gasteiger partial charge in [-0.15, -0.1) is 0 Å². The van der Waals surface area contributed by atoms with Crippen LogP contribution in [0, 0.1) is 6.92 Å². The highest BCUT2D eigenvalue weighted by molar-refractivity contribution is 9.11. The van der Waals surface area contributed by atoms with Gasteiger partial charge in [-0.1, -0.05) is 22.0 Å². The summed E-state index contributed by atoms with van der Waals surface area (Å²) >= 11 is 6.63. The number of rotatable bonds is 3. The summed E-state index contributed by atoms with van der Waals surface area (Å²) in [5.41, 5.74) is 7.19. The first-order valence-electron chi connectivity index (χ1n) is 5.64. The number of nitrogens with two attached hydrogens (primary N) is 1. The van der Waals surface area contributed by atoms with E-state index in [1.165, 1.54) is 6.07 Å². The summed E-state index contributed by atoms with van der Waals surface area (Å²) in [5, 5.41) is 0. The number of halogens is 2. The van der Waals surface area contributed by atoms with E-state index in [1.54, 1.807) is 31.2 Å². The Labute approximate surface area is 134 Å². The molecule has 0 saturated heterocycles. The maximum absolute atomic E-state index is 12.4. The highest BCUT2D eigenvalue weighted by atomic mass is 79.9. The van der Waals surface area contributed by atoms with Gasteiger partial charge >= 0.3 is 0 Å². The van der Waals surface area contributed by atoms with E-state index in [2.05, 4.69) is 36.6 Å². The Morgan fingerprint density at radius 1 is 1.15 bits per heavy atom. The zero-order valence-corrected chi connectivity index (χ0v) is 14.5. The van der Waals surface area contributed by atoms with Gasteiger partial charge in [0.15, 0.2) is 0 Å². The average molecular weight is 420 g/mol. The fourth-order valence-electron chi connectivity index (χ4n) is 1.70. The molecule has 0 aliphatic heterocycles. The van der Waals surface area contributed by atoms with Gasteiger partial charge in [-0.25, -0.2) is 8.42 Å². The van der Waals surface area contributed by atoms with Crippen LogP contribution in [0.2, 0.25) is 0 Å². The molecule has 0 saturated carbocycles.